The summed E-state index contributed by atoms with van der Waals surface area (Å²) in [6.07, 6.45) is 1.64. The average Bonchev–Trinajstić information content (AvgIpc) is 2.52. The summed E-state index contributed by atoms with van der Waals surface area (Å²) in [5.41, 5.74) is 11.3. The van der Waals surface area contributed by atoms with E-state index in [-0.39, 0.29) is 41.5 Å². The summed E-state index contributed by atoms with van der Waals surface area (Å²) >= 11 is 0. The highest BCUT2D eigenvalue weighted by Gasteiger charge is 2.42. The summed E-state index contributed by atoms with van der Waals surface area (Å²) in [6.45, 7) is 2.58. The summed E-state index contributed by atoms with van der Waals surface area (Å²) in [7, 11) is -3.04. The second-order valence-electron chi connectivity index (χ2n) is 5.53. The third-order valence-corrected chi connectivity index (χ3v) is 5.87. The van der Waals surface area contributed by atoms with Crippen molar-refractivity contribution >= 4 is 15.7 Å². The molecule has 2 rings (SSSR count). The predicted octanol–water partition coefficient (Wildman–Crippen LogP) is -1.30. The van der Waals surface area contributed by atoms with E-state index in [2.05, 4.69) is 11.8 Å². The fourth-order valence-electron chi connectivity index (χ4n) is 3.03. The zero-order valence-electron chi connectivity index (χ0n) is 10.6. The van der Waals surface area contributed by atoms with Crippen molar-refractivity contribution in [1.82, 2.24) is 4.90 Å². The summed E-state index contributed by atoms with van der Waals surface area (Å²) < 4.78 is 23.2. The number of hydrogen-bond acceptors (Lipinski definition) is 5. The maximum Gasteiger partial charge on any atom is 0.221 e. The van der Waals surface area contributed by atoms with Crippen molar-refractivity contribution < 1.29 is 13.2 Å². The fourth-order valence-corrected chi connectivity index (χ4v) is 4.93. The van der Waals surface area contributed by atoms with Crippen LogP contribution in [0.5, 0.6) is 0 Å². The Morgan fingerprint density at radius 1 is 1.28 bits per heavy atom. The lowest BCUT2D eigenvalue weighted by Gasteiger charge is -2.41. The van der Waals surface area contributed by atoms with Gasteiger partial charge in [0.05, 0.1) is 17.4 Å². The van der Waals surface area contributed by atoms with Gasteiger partial charge in [0, 0.05) is 24.7 Å². The van der Waals surface area contributed by atoms with Crippen LogP contribution in [0.15, 0.2) is 0 Å². The van der Waals surface area contributed by atoms with E-state index in [4.69, 9.17) is 11.5 Å². The summed E-state index contributed by atoms with van der Waals surface area (Å²) in [6, 6.07) is -0.277. The Balaban J connectivity index is 2.13. The predicted molar refractivity (Wildman–Crippen MR) is 68.5 cm³/mol. The van der Waals surface area contributed by atoms with Crippen LogP contribution in [0.25, 0.3) is 0 Å². The molecule has 2 aliphatic heterocycles. The molecule has 6 nitrogen and oxygen atoms in total. The number of likely N-dealkylation sites (tertiary alicyclic amines) is 1. The van der Waals surface area contributed by atoms with E-state index in [1.165, 1.54) is 0 Å². The van der Waals surface area contributed by atoms with Crippen molar-refractivity contribution in [3.05, 3.63) is 0 Å². The minimum absolute atomic E-state index is 0.0438. The average molecular weight is 275 g/mol. The molecule has 0 aromatic heterocycles. The van der Waals surface area contributed by atoms with Crippen LogP contribution in [-0.4, -0.2) is 55.4 Å². The van der Waals surface area contributed by atoms with Gasteiger partial charge in [-0.15, -0.1) is 0 Å². The Kier molecular flexibility index (Phi) is 3.66. The highest BCUT2D eigenvalue weighted by atomic mass is 32.2. The number of primary amides is 1. The van der Waals surface area contributed by atoms with E-state index in [0.29, 0.717) is 6.54 Å². The normalized spacial score (nSPS) is 40.8. The molecule has 18 heavy (non-hydrogen) atoms. The van der Waals surface area contributed by atoms with Gasteiger partial charge in [0.15, 0.2) is 9.84 Å². The number of amides is 1. The second kappa shape index (κ2) is 4.79. The number of rotatable bonds is 2. The van der Waals surface area contributed by atoms with Gasteiger partial charge in [0.2, 0.25) is 5.91 Å². The SMILES string of the molecule is CC1CCC(C(N)=O)CN1C1CS(=O)(=O)CC1N. The van der Waals surface area contributed by atoms with Crippen LogP contribution in [0.3, 0.4) is 0 Å². The minimum Gasteiger partial charge on any atom is -0.369 e. The van der Waals surface area contributed by atoms with E-state index in [1.807, 2.05) is 0 Å². The number of carbonyl (C=O) groups excluding carboxylic acids is 1. The van der Waals surface area contributed by atoms with E-state index in [0.717, 1.165) is 12.8 Å². The number of sulfone groups is 1. The first-order valence-electron chi connectivity index (χ1n) is 6.31. The lowest BCUT2D eigenvalue weighted by Crippen LogP contribution is -2.55. The molecule has 4 atom stereocenters. The maximum absolute atomic E-state index is 11.6. The standard InChI is InChI=1S/C11H21N3O3S/c1-7-2-3-8(11(13)15)4-14(7)10-6-18(16,17)5-9(10)12/h7-10H,2-6,12H2,1H3,(H2,13,15). The van der Waals surface area contributed by atoms with Crippen LogP contribution in [0.1, 0.15) is 19.8 Å². The smallest absolute Gasteiger partial charge is 0.221 e. The van der Waals surface area contributed by atoms with Crippen molar-refractivity contribution in [2.45, 2.75) is 37.9 Å². The molecule has 4 unspecified atom stereocenters. The summed E-state index contributed by atoms with van der Waals surface area (Å²) in [4.78, 5) is 13.3. The van der Waals surface area contributed by atoms with Crippen LogP contribution in [0.4, 0.5) is 0 Å². The molecule has 0 aromatic carbocycles. The zero-order valence-corrected chi connectivity index (χ0v) is 11.4. The van der Waals surface area contributed by atoms with Crippen molar-refractivity contribution in [1.29, 1.82) is 0 Å². The number of hydrogen-bond donors (Lipinski definition) is 2. The quantitative estimate of drug-likeness (QED) is 0.651. The number of carbonyl (C=O) groups is 1. The molecule has 104 valence electrons. The highest BCUT2D eigenvalue weighted by Crippen LogP contribution is 2.27. The highest BCUT2D eigenvalue weighted by molar-refractivity contribution is 7.91. The Morgan fingerprint density at radius 2 is 1.94 bits per heavy atom. The maximum atomic E-state index is 11.6. The Labute approximate surface area is 108 Å². The monoisotopic (exact) mass is 275 g/mol. The Morgan fingerprint density at radius 3 is 2.44 bits per heavy atom. The van der Waals surface area contributed by atoms with E-state index < -0.39 is 9.84 Å². The Hall–Kier alpha value is -0.660. The molecule has 0 bridgehead atoms. The van der Waals surface area contributed by atoms with Gasteiger partial charge in [0.25, 0.3) is 0 Å². The number of nitrogens with zero attached hydrogens (tertiary/aromatic N) is 1. The molecule has 2 aliphatic rings. The molecular formula is C11H21N3O3S. The van der Waals surface area contributed by atoms with Crippen molar-refractivity contribution in [2.75, 3.05) is 18.1 Å². The van der Waals surface area contributed by atoms with Gasteiger partial charge >= 0.3 is 0 Å². The number of nitrogens with two attached hydrogens (primary N) is 2. The van der Waals surface area contributed by atoms with E-state index >= 15 is 0 Å². The fraction of sp³-hybridized carbons (Fsp3) is 0.909. The van der Waals surface area contributed by atoms with Crippen molar-refractivity contribution in [3.63, 3.8) is 0 Å². The lowest BCUT2D eigenvalue weighted by molar-refractivity contribution is -0.124. The van der Waals surface area contributed by atoms with Gasteiger partial charge in [-0.05, 0) is 19.8 Å². The minimum atomic E-state index is -3.04. The molecule has 1 amide bonds. The number of piperidine rings is 1. The van der Waals surface area contributed by atoms with Crippen LogP contribution in [0, 0.1) is 5.92 Å². The molecule has 0 spiro atoms. The molecule has 0 radical (unpaired) electrons. The third kappa shape index (κ3) is 2.67. The molecule has 2 saturated heterocycles. The zero-order chi connectivity index (χ0) is 13.5. The molecule has 7 heteroatoms. The molecule has 2 fully saturated rings. The molecule has 0 aliphatic carbocycles. The largest absolute Gasteiger partial charge is 0.369 e. The van der Waals surface area contributed by atoms with Gasteiger partial charge in [-0.2, -0.15) is 0 Å². The van der Waals surface area contributed by atoms with Crippen LogP contribution in [0.2, 0.25) is 0 Å². The van der Waals surface area contributed by atoms with E-state index in [9.17, 15) is 13.2 Å². The first-order valence-corrected chi connectivity index (χ1v) is 8.13. The molecule has 2 heterocycles. The van der Waals surface area contributed by atoms with Crippen molar-refractivity contribution in [3.8, 4) is 0 Å². The van der Waals surface area contributed by atoms with Gasteiger partial charge in [-0.25, -0.2) is 8.42 Å². The lowest BCUT2D eigenvalue weighted by atomic mass is 9.91. The van der Waals surface area contributed by atoms with Gasteiger partial charge in [-0.3, -0.25) is 9.69 Å². The van der Waals surface area contributed by atoms with E-state index in [1.54, 1.807) is 0 Å². The Bertz CT molecular complexity index is 437. The van der Waals surface area contributed by atoms with Crippen LogP contribution < -0.4 is 11.5 Å². The second-order valence-corrected chi connectivity index (χ2v) is 7.68. The molecule has 0 saturated carbocycles. The summed E-state index contributed by atoms with van der Waals surface area (Å²) in [5.74, 6) is -0.343. The topological polar surface area (TPSA) is 106 Å². The van der Waals surface area contributed by atoms with Gasteiger partial charge < -0.3 is 11.5 Å². The third-order valence-electron chi connectivity index (χ3n) is 4.12. The van der Waals surface area contributed by atoms with Crippen molar-refractivity contribution in [2.24, 2.45) is 17.4 Å². The van der Waals surface area contributed by atoms with Crippen LogP contribution in [-0.2, 0) is 14.6 Å². The van der Waals surface area contributed by atoms with Crippen LogP contribution >= 0.6 is 0 Å². The molecular weight excluding hydrogens is 254 g/mol. The molecule has 4 N–H and O–H groups in total. The molecule has 0 aromatic rings. The first-order chi connectivity index (χ1) is 8.30. The van der Waals surface area contributed by atoms with Gasteiger partial charge in [-0.1, -0.05) is 0 Å². The summed E-state index contributed by atoms with van der Waals surface area (Å²) in [5, 5.41) is 0. The van der Waals surface area contributed by atoms with Gasteiger partial charge in [0.1, 0.15) is 0 Å². The first kappa shape index (κ1) is 13.8.